The summed E-state index contributed by atoms with van der Waals surface area (Å²) in [5, 5.41) is 2.47. The minimum atomic E-state index is -0.699. The zero-order valence-electron chi connectivity index (χ0n) is 8.11. The molecule has 0 saturated heterocycles. The molecule has 84 valence electrons. The molecule has 0 spiro atoms. The lowest BCUT2D eigenvalue weighted by molar-refractivity contribution is 0.288. The number of anilines is 1. The van der Waals surface area contributed by atoms with E-state index in [0.717, 1.165) is 12.1 Å². The van der Waals surface area contributed by atoms with Crippen LogP contribution in [-0.4, -0.2) is 4.98 Å². The Bertz CT molecular complexity index is 488. The first-order chi connectivity index (χ1) is 7.66. The second-order valence-electron chi connectivity index (χ2n) is 3.02. The summed E-state index contributed by atoms with van der Waals surface area (Å²) in [6.07, 6.45) is 1.61. The van der Waals surface area contributed by atoms with Crippen LogP contribution in [0.1, 0.15) is 5.01 Å². The maximum Gasteiger partial charge on any atom is 0.167 e. The van der Waals surface area contributed by atoms with Gasteiger partial charge in [0.05, 0.1) is 5.69 Å². The molecule has 0 bridgehead atoms. The zero-order chi connectivity index (χ0) is 11.5. The first-order valence-electron chi connectivity index (χ1n) is 4.42. The Morgan fingerprint density at radius 2 is 2.12 bits per heavy atom. The van der Waals surface area contributed by atoms with Gasteiger partial charge in [0.15, 0.2) is 11.6 Å². The van der Waals surface area contributed by atoms with Crippen molar-refractivity contribution < 1.29 is 13.5 Å². The molecule has 0 aliphatic heterocycles. The molecule has 16 heavy (non-hydrogen) atoms. The number of ether oxygens (including phenoxy) is 1. The first-order valence-corrected chi connectivity index (χ1v) is 5.30. The van der Waals surface area contributed by atoms with Crippen molar-refractivity contribution in [2.24, 2.45) is 0 Å². The van der Waals surface area contributed by atoms with Crippen LogP contribution >= 0.6 is 11.3 Å². The van der Waals surface area contributed by atoms with Crippen LogP contribution in [0.3, 0.4) is 0 Å². The van der Waals surface area contributed by atoms with Crippen molar-refractivity contribution in [1.82, 2.24) is 4.98 Å². The third kappa shape index (κ3) is 2.27. The van der Waals surface area contributed by atoms with Gasteiger partial charge in [0, 0.05) is 23.7 Å². The lowest BCUT2D eigenvalue weighted by Crippen LogP contribution is -1.99. The molecule has 6 heteroatoms. The predicted molar refractivity (Wildman–Crippen MR) is 57.2 cm³/mol. The molecule has 2 rings (SSSR count). The van der Waals surface area contributed by atoms with Crippen LogP contribution in [0, 0.1) is 11.6 Å². The molecule has 0 amide bonds. The van der Waals surface area contributed by atoms with Gasteiger partial charge in [-0.2, -0.15) is 0 Å². The number of nitrogen functional groups attached to an aromatic ring is 1. The summed E-state index contributed by atoms with van der Waals surface area (Å²) >= 11 is 1.38. The molecule has 1 aromatic heterocycles. The fraction of sp³-hybridized carbons (Fsp3) is 0.100. The molecule has 1 aromatic carbocycles. The highest BCUT2D eigenvalue weighted by molar-refractivity contribution is 7.09. The van der Waals surface area contributed by atoms with E-state index in [0.29, 0.717) is 5.01 Å². The number of nitrogens with zero attached hydrogens (tertiary/aromatic N) is 1. The van der Waals surface area contributed by atoms with E-state index in [1.54, 1.807) is 11.6 Å². The van der Waals surface area contributed by atoms with Gasteiger partial charge in [-0.3, -0.25) is 0 Å². The molecule has 0 aliphatic carbocycles. The van der Waals surface area contributed by atoms with Gasteiger partial charge in [0.2, 0.25) is 0 Å². The fourth-order valence-corrected chi connectivity index (χ4v) is 1.65. The van der Waals surface area contributed by atoms with Gasteiger partial charge in [-0.25, -0.2) is 13.8 Å². The summed E-state index contributed by atoms with van der Waals surface area (Å²) in [7, 11) is 0. The number of hydrogen-bond donors (Lipinski definition) is 1. The largest absolute Gasteiger partial charge is 0.483 e. The summed E-state index contributed by atoms with van der Waals surface area (Å²) in [5.41, 5.74) is 4.96. The fourth-order valence-electron chi connectivity index (χ4n) is 1.12. The SMILES string of the molecule is Nc1cc(F)c(OCc2nccs2)cc1F. The predicted octanol–water partition coefficient (Wildman–Crippen LogP) is 2.58. The Morgan fingerprint density at radius 3 is 2.81 bits per heavy atom. The smallest absolute Gasteiger partial charge is 0.167 e. The normalized spacial score (nSPS) is 10.4. The minimum absolute atomic E-state index is 0.109. The number of benzene rings is 1. The van der Waals surface area contributed by atoms with Crippen LogP contribution < -0.4 is 10.5 Å². The summed E-state index contributed by atoms with van der Waals surface area (Å²) in [6, 6.07) is 1.82. The Balaban J connectivity index is 2.12. The Morgan fingerprint density at radius 1 is 1.31 bits per heavy atom. The number of hydrogen-bond acceptors (Lipinski definition) is 4. The Labute approximate surface area is 94.5 Å². The maximum absolute atomic E-state index is 13.3. The number of nitrogens with two attached hydrogens (primary N) is 1. The standard InChI is InChI=1S/C10H8F2N2OS/c11-6-4-9(7(12)3-8(6)13)15-5-10-14-1-2-16-10/h1-4H,5,13H2. The summed E-state index contributed by atoms with van der Waals surface area (Å²) in [6.45, 7) is 0.109. The van der Waals surface area contributed by atoms with Crippen LogP contribution in [0.2, 0.25) is 0 Å². The van der Waals surface area contributed by atoms with E-state index in [1.807, 2.05) is 0 Å². The molecular formula is C10H8F2N2OS. The highest BCUT2D eigenvalue weighted by Crippen LogP contribution is 2.23. The van der Waals surface area contributed by atoms with Gasteiger partial charge >= 0.3 is 0 Å². The van der Waals surface area contributed by atoms with Crippen molar-refractivity contribution in [3.63, 3.8) is 0 Å². The van der Waals surface area contributed by atoms with Crippen molar-refractivity contribution in [3.05, 3.63) is 40.4 Å². The average molecular weight is 242 g/mol. The van der Waals surface area contributed by atoms with Crippen LogP contribution in [0.25, 0.3) is 0 Å². The molecule has 0 fully saturated rings. The zero-order valence-corrected chi connectivity index (χ0v) is 8.93. The van der Waals surface area contributed by atoms with Gasteiger partial charge in [-0.05, 0) is 0 Å². The topological polar surface area (TPSA) is 48.1 Å². The van der Waals surface area contributed by atoms with Crippen molar-refractivity contribution in [3.8, 4) is 5.75 Å². The van der Waals surface area contributed by atoms with E-state index in [2.05, 4.69) is 4.98 Å². The van der Waals surface area contributed by atoms with E-state index in [-0.39, 0.29) is 18.0 Å². The molecule has 0 radical (unpaired) electrons. The minimum Gasteiger partial charge on any atom is -0.483 e. The van der Waals surface area contributed by atoms with Crippen molar-refractivity contribution in [1.29, 1.82) is 0 Å². The van der Waals surface area contributed by atoms with Gasteiger partial charge < -0.3 is 10.5 Å². The molecule has 2 N–H and O–H groups in total. The molecule has 0 atom stereocenters. The van der Waals surface area contributed by atoms with Crippen LogP contribution in [-0.2, 0) is 6.61 Å². The molecule has 1 heterocycles. The number of thiazole rings is 1. The Kier molecular flexibility index (Phi) is 3.00. The number of rotatable bonds is 3. The molecule has 0 saturated carbocycles. The van der Waals surface area contributed by atoms with Crippen molar-refractivity contribution >= 4 is 17.0 Å². The number of aromatic nitrogens is 1. The monoisotopic (exact) mass is 242 g/mol. The molecular weight excluding hydrogens is 234 g/mol. The number of halogens is 2. The lowest BCUT2D eigenvalue weighted by atomic mass is 10.3. The molecule has 3 nitrogen and oxygen atoms in total. The third-order valence-corrected chi connectivity index (χ3v) is 2.64. The van der Waals surface area contributed by atoms with Gasteiger partial charge in [-0.1, -0.05) is 0 Å². The van der Waals surface area contributed by atoms with E-state index in [9.17, 15) is 8.78 Å². The molecule has 0 aliphatic rings. The second-order valence-corrected chi connectivity index (χ2v) is 4.00. The average Bonchev–Trinajstić information content (AvgIpc) is 2.74. The highest BCUT2D eigenvalue weighted by Gasteiger charge is 2.09. The maximum atomic E-state index is 13.3. The van der Waals surface area contributed by atoms with Crippen LogP contribution in [0.5, 0.6) is 5.75 Å². The van der Waals surface area contributed by atoms with Crippen LogP contribution in [0.15, 0.2) is 23.7 Å². The summed E-state index contributed by atoms with van der Waals surface area (Å²) < 4.78 is 31.4. The lowest BCUT2D eigenvalue weighted by Gasteiger charge is -2.06. The molecule has 2 aromatic rings. The van der Waals surface area contributed by atoms with E-state index in [1.165, 1.54) is 11.3 Å². The van der Waals surface area contributed by atoms with E-state index in [4.69, 9.17) is 10.5 Å². The van der Waals surface area contributed by atoms with Gasteiger partial charge in [0.1, 0.15) is 17.4 Å². The second kappa shape index (κ2) is 4.44. The summed E-state index contributed by atoms with van der Waals surface area (Å²) in [5.74, 6) is -1.55. The van der Waals surface area contributed by atoms with E-state index >= 15 is 0 Å². The first kappa shape index (κ1) is 10.8. The van der Waals surface area contributed by atoms with Gasteiger partial charge in [-0.15, -0.1) is 11.3 Å². The van der Waals surface area contributed by atoms with E-state index < -0.39 is 11.6 Å². The Hall–Kier alpha value is -1.69. The summed E-state index contributed by atoms with van der Waals surface area (Å²) in [4.78, 5) is 3.95. The van der Waals surface area contributed by atoms with Crippen LogP contribution in [0.4, 0.5) is 14.5 Å². The molecule has 0 unspecified atom stereocenters. The van der Waals surface area contributed by atoms with Crippen molar-refractivity contribution in [2.75, 3.05) is 5.73 Å². The highest BCUT2D eigenvalue weighted by atomic mass is 32.1. The quantitative estimate of drug-likeness (QED) is 0.841. The third-order valence-electron chi connectivity index (χ3n) is 1.89. The van der Waals surface area contributed by atoms with Gasteiger partial charge in [0.25, 0.3) is 0 Å². The van der Waals surface area contributed by atoms with Crippen molar-refractivity contribution in [2.45, 2.75) is 6.61 Å².